The van der Waals surface area contributed by atoms with Gasteiger partial charge in [-0.25, -0.2) is 4.79 Å². The molecule has 1 aromatic rings. The Morgan fingerprint density at radius 1 is 1.07 bits per heavy atom. The van der Waals surface area contributed by atoms with E-state index in [1.807, 2.05) is 20.8 Å². The summed E-state index contributed by atoms with van der Waals surface area (Å²) < 4.78 is 0. The number of likely N-dealkylation sites (tertiary alicyclic amines) is 1. The van der Waals surface area contributed by atoms with Gasteiger partial charge in [-0.2, -0.15) is 0 Å². The SMILES string of the molecule is CCN1C[C@@H](NC(=O)N2CCN(Cc3cc(C)cc(C)c3)C(=O)C2)CC1=O. The molecule has 0 bridgehead atoms. The highest BCUT2D eigenvalue weighted by Crippen LogP contribution is 2.15. The first kappa shape index (κ1) is 19.2. The van der Waals surface area contributed by atoms with Gasteiger partial charge in [0.15, 0.2) is 0 Å². The Balaban J connectivity index is 1.53. The van der Waals surface area contributed by atoms with Crippen LogP contribution in [0.2, 0.25) is 0 Å². The highest BCUT2D eigenvalue weighted by molar-refractivity contribution is 5.86. The minimum absolute atomic E-state index is 0.0479. The first-order valence-corrected chi connectivity index (χ1v) is 9.54. The largest absolute Gasteiger partial charge is 0.341 e. The monoisotopic (exact) mass is 372 g/mol. The van der Waals surface area contributed by atoms with Gasteiger partial charge in [-0.15, -0.1) is 0 Å². The van der Waals surface area contributed by atoms with Crippen LogP contribution >= 0.6 is 0 Å². The Morgan fingerprint density at radius 2 is 1.78 bits per heavy atom. The lowest BCUT2D eigenvalue weighted by atomic mass is 10.1. The fourth-order valence-corrected chi connectivity index (χ4v) is 3.87. The first-order valence-electron chi connectivity index (χ1n) is 9.54. The summed E-state index contributed by atoms with van der Waals surface area (Å²) in [6.07, 6.45) is 0.334. The molecular formula is C20H28N4O3. The van der Waals surface area contributed by atoms with Crippen LogP contribution in [0, 0.1) is 13.8 Å². The van der Waals surface area contributed by atoms with Crippen LogP contribution in [0.5, 0.6) is 0 Å². The van der Waals surface area contributed by atoms with E-state index in [1.165, 1.54) is 11.1 Å². The Kier molecular flexibility index (Phi) is 5.68. The number of benzene rings is 1. The number of likely N-dealkylation sites (N-methyl/N-ethyl adjacent to an activating group) is 1. The average molecular weight is 372 g/mol. The Hall–Kier alpha value is -2.57. The van der Waals surface area contributed by atoms with Crippen LogP contribution in [0.1, 0.15) is 30.0 Å². The minimum Gasteiger partial charge on any atom is -0.341 e. The molecule has 2 aliphatic heterocycles. The summed E-state index contributed by atoms with van der Waals surface area (Å²) >= 11 is 0. The predicted molar refractivity (Wildman–Crippen MR) is 102 cm³/mol. The molecule has 146 valence electrons. The molecule has 0 spiro atoms. The second-order valence-electron chi connectivity index (χ2n) is 7.52. The van der Waals surface area contributed by atoms with Gasteiger partial charge in [-0.3, -0.25) is 9.59 Å². The second kappa shape index (κ2) is 7.98. The van der Waals surface area contributed by atoms with E-state index in [0.29, 0.717) is 39.1 Å². The molecule has 1 atom stereocenters. The third-order valence-corrected chi connectivity index (χ3v) is 5.18. The molecule has 1 N–H and O–H groups in total. The van der Waals surface area contributed by atoms with Crippen LogP contribution < -0.4 is 5.32 Å². The number of amides is 4. The molecule has 2 fully saturated rings. The lowest BCUT2D eigenvalue weighted by Crippen LogP contribution is -2.55. The molecule has 2 heterocycles. The maximum absolute atomic E-state index is 12.5. The number of piperazine rings is 1. The van der Waals surface area contributed by atoms with Gasteiger partial charge in [0, 0.05) is 39.1 Å². The zero-order valence-electron chi connectivity index (χ0n) is 16.3. The van der Waals surface area contributed by atoms with E-state index in [1.54, 1.807) is 14.7 Å². The first-order chi connectivity index (χ1) is 12.9. The van der Waals surface area contributed by atoms with Crippen molar-refractivity contribution in [1.82, 2.24) is 20.0 Å². The summed E-state index contributed by atoms with van der Waals surface area (Å²) in [7, 11) is 0. The van der Waals surface area contributed by atoms with Crippen molar-refractivity contribution < 1.29 is 14.4 Å². The highest BCUT2D eigenvalue weighted by Gasteiger charge is 2.32. The molecule has 1 aromatic carbocycles. The number of nitrogens with zero attached hydrogens (tertiary/aromatic N) is 3. The van der Waals surface area contributed by atoms with E-state index in [0.717, 1.165) is 5.56 Å². The number of carbonyl (C=O) groups is 3. The molecule has 4 amide bonds. The van der Waals surface area contributed by atoms with Crippen LogP contribution in [0.15, 0.2) is 18.2 Å². The van der Waals surface area contributed by atoms with Gasteiger partial charge in [0.1, 0.15) is 6.54 Å². The van der Waals surface area contributed by atoms with Crippen LogP contribution in [-0.2, 0) is 16.1 Å². The number of hydrogen-bond donors (Lipinski definition) is 1. The van der Waals surface area contributed by atoms with Crippen LogP contribution in [0.4, 0.5) is 4.79 Å². The number of aryl methyl sites for hydroxylation is 2. The summed E-state index contributed by atoms with van der Waals surface area (Å²) in [6, 6.07) is 5.87. The number of carbonyl (C=O) groups excluding carboxylic acids is 3. The van der Waals surface area contributed by atoms with Gasteiger partial charge in [0.25, 0.3) is 0 Å². The van der Waals surface area contributed by atoms with Gasteiger partial charge in [-0.05, 0) is 26.3 Å². The third-order valence-electron chi connectivity index (χ3n) is 5.18. The molecule has 27 heavy (non-hydrogen) atoms. The van der Waals surface area contributed by atoms with Gasteiger partial charge >= 0.3 is 6.03 Å². The van der Waals surface area contributed by atoms with Crippen molar-refractivity contribution >= 4 is 17.8 Å². The van der Waals surface area contributed by atoms with Crippen molar-refractivity contribution in [2.45, 2.75) is 39.8 Å². The molecule has 7 heteroatoms. The van der Waals surface area contributed by atoms with E-state index < -0.39 is 0 Å². The normalized spacial score (nSPS) is 20.4. The van der Waals surface area contributed by atoms with Crippen LogP contribution in [0.3, 0.4) is 0 Å². The van der Waals surface area contributed by atoms with Crippen LogP contribution in [0.25, 0.3) is 0 Å². The Morgan fingerprint density at radius 3 is 2.37 bits per heavy atom. The molecule has 0 unspecified atom stereocenters. The van der Waals surface area contributed by atoms with Crippen molar-refractivity contribution in [3.63, 3.8) is 0 Å². The lowest BCUT2D eigenvalue weighted by Gasteiger charge is -2.35. The van der Waals surface area contributed by atoms with Crippen molar-refractivity contribution in [3.05, 3.63) is 34.9 Å². The minimum atomic E-state index is -0.259. The van der Waals surface area contributed by atoms with Gasteiger partial charge in [0.05, 0.1) is 6.04 Å². The number of nitrogens with one attached hydrogen (secondary N) is 1. The third kappa shape index (κ3) is 4.59. The lowest BCUT2D eigenvalue weighted by molar-refractivity contribution is -0.135. The molecule has 2 aliphatic rings. The van der Waals surface area contributed by atoms with Crippen LogP contribution in [-0.4, -0.2) is 71.3 Å². The van der Waals surface area contributed by atoms with Gasteiger partial charge < -0.3 is 20.0 Å². The van der Waals surface area contributed by atoms with Crippen molar-refractivity contribution in [2.24, 2.45) is 0 Å². The average Bonchev–Trinajstić information content (AvgIpc) is 2.95. The van der Waals surface area contributed by atoms with E-state index in [4.69, 9.17) is 0 Å². The second-order valence-corrected chi connectivity index (χ2v) is 7.52. The molecule has 0 aliphatic carbocycles. The summed E-state index contributed by atoms with van der Waals surface area (Å²) in [6.45, 7) is 8.89. The molecular weight excluding hydrogens is 344 g/mol. The zero-order chi connectivity index (χ0) is 19.6. The maximum Gasteiger partial charge on any atom is 0.318 e. The fraction of sp³-hybridized carbons (Fsp3) is 0.550. The van der Waals surface area contributed by atoms with Crippen molar-refractivity contribution in [3.8, 4) is 0 Å². The standard InChI is InChI=1S/C20H28N4O3/c1-4-22-12-17(10-18(22)25)21-20(27)24-6-5-23(19(26)13-24)11-16-8-14(2)7-15(3)9-16/h7-9,17H,4-6,10-13H2,1-3H3,(H,21,27)/t17-/m0/s1. The quantitative estimate of drug-likeness (QED) is 0.865. The summed E-state index contributed by atoms with van der Waals surface area (Å²) in [5, 5.41) is 2.90. The van der Waals surface area contributed by atoms with E-state index in [9.17, 15) is 14.4 Å². The van der Waals surface area contributed by atoms with E-state index in [-0.39, 0.29) is 30.4 Å². The molecule has 7 nitrogen and oxygen atoms in total. The van der Waals surface area contributed by atoms with Gasteiger partial charge in [0.2, 0.25) is 11.8 Å². The number of hydrogen-bond acceptors (Lipinski definition) is 3. The fourth-order valence-electron chi connectivity index (χ4n) is 3.87. The van der Waals surface area contributed by atoms with E-state index in [2.05, 4.69) is 23.5 Å². The predicted octanol–water partition coefficient (Wildman–Crippen LogP) is 1.28. The Bertz CT molecular complexity index is 728. The smallest absolute Gasteiger partial charge is 0.318 e. The number of urea groups is 1. The molecule has 2 saturated heterocycles. The maximum atomic E-state index is 12.5. The summed E-state index contributed by atoms with van der Waals surface area (Å²) in [4.78, 5) is 41.8. The topological polar surface area (TPSA) is 73.0 Å². The highest BCUT2D eigenvalue weighted by atomic mass is 16.2. The van der Waals surface area contributed by atoms with Crippen molar-refractivity contribution in [1.29, 1.82) is 0 Å². The zero-order valence-corrected chi connectivity index (χ0v) is 16.3. The van der Waals surface area contributed by atoms with Crippen molar-refractivity contribution in [2.75, 3.05) is 32.7 Å². The number of rotatable bonds is 4. The van der Waals surface area contributed by atoms with E-state index >= 15 is 0 Å². The molecule has 0 radical (unpaired) electrons. The summed E-state index contributed by atoms with van der Waals surface area (Å²) in [5.74, 6) is 0.0189. The Labute approximate surface area is 160 Å². The summed E-state index contributed by atoms with van der Waals surface area (Å²) in [5.41, 5.74) is 3.48. The molecule has 0 saturated carbocycles. The molecule has 3 rings (SSSR count). The van der Waals surface area contributed by atoms with Gasteiger partial charge in [-0.1, -0.05) is 29.3 Å². The molecule has 0 aromatic heterocycles.